The quantitative estimate of drug-likeness (QED) is 0.766. The second kappa shape index (κ2) is 4.97. The molecule has 3 N–H and O–H groups in total. The van der Waals surface area contributed by atoms with Crippen LogP contribution in [0.25, 0.3) is 0 Å². The van der Waals surface area contributed by atoms with Gasteiger partial charge in [-0.15, -0.1) is 0 Å². The molecule has 0 aliphatic heterocycles. The molecule has 0 amide bonds. The summed E-state index contributed by atoms with van der Waals surface area (Å²) in [5.41, 5.74) is 7.08. The maximum Gasteiger partial charge on any atom is 0.0951 e. The smallest absolute Gasteiger partial charge is 0.0951 e. The van der Waals surface area contributed by atoms with Crippen LogP contribution in [0.3, 0.4) is 0 Å². The van der Waals surface area contributed by atoms with E-state index in [4.69, 9.17) is 5.73 Å². The Kier molecular flexibility index (Phi) is 3.61. The highest BCUT2D eigenvalue weighted by molar-refractivity contribution is 5.09. The lowest BCUT2D eigenvalue weighted by Gasteiger charge is -2.19. The van der Waals surface area contributed by atoms with E-state index in [1.165, 1.54) is 18.5 Å². The number of aromatic nitrogens is 2. The van der Waals surface area contributed by atoms with Crippen molar-refractivity contribution < 1.29 is 0 Å². The lowest BCUT2D eigenvalue weighted by Crippen LogP contribution is -2.32. The summed E-state index contributed by atoms with van der Waals surface area (Å²) < 4.78 is 2.28. The van der Waals surface area contributed by atoms with Gasteiger partial charge in [0.25, 0.3) is 0 Å². The third-order valence-electron chi connectivity index (χ3n) is 3.00. The Morgan fingerprint density at radius 1 is 1.56 bits per heavy atom. The minimum Gasteiger partial charge on any atom is -0.330 e. The number of nitrogens with two attached hydrogens (primary N) is 1. The molecule has 1 unspecified atom stereocenters. The monoisotopic (exact) mass is 222 g/mol. The summed E-state index contributed by atoms with van der Waals surface area (Å²) in [5.74, 6) is 0.645. The fourth-order valence-electron chi connectivity index (χ4n) is 1.93. The van der Waals surface area contributed by atoms with Gasteiger partial charge in [0.15, 0.2) is 0 Å². The molecule has 1 heterocycles. The van der Waals surface area contributed by atoms with Crippen molar-refractivity contribution in [3.05, 3.63) is 18.2 Å². The molecular formula is C12H22N4. The van der Waals surface area contributed by atoms with Crippen molar-refractivity contribution in [2.75, 3.05) is 13.1 Å². The molecule has 1 aliphatic rings. The summed E-state index contributed by atoms with van der Waals surface area (Å²) in [4.78, 5) is 4.25. The molecule has 2 rings (SSSR count). The van der Waals surface area contributed by atoms with E-state index in [1.54, 1.807) is 0 Å². The van der Waals surface area contributed by atoms with E-state index in [0.717, 1.165) is 6.54 Å². The average Bonchev–Trinajstić information content (AvgIpc) is 2.99. The lowest BCUT2D eigenvalue weighted by atomic mass is 10.1. The molecule has 0 radical (unpaired) electrons. The van der Waals surface area contributed by atoms with Gasteiger partial charge in [0.1, 0.15) is 0 Å². The molecular weight excluding hydrogens is 200 g/mol. The van der Waals surface area contributed by atoms with Crippen molar-refractivity contribution in [3.8, 4) is 0 Å². The van der Waals surface area contributed by atoms with Crippen LogP contribution in [0.5, 0.6) is 0 Å². The zero-order valence-corrected chi connectivity index (χ0v) is 10.2. The zero-order chi connectivity index (χ0) is 11.5. The van der Waals surface area contributed by atoms with Crippen molar-refractivity contribution in [2.45, 2.75) is 38.8 Å². The van der Waals surface area contributed by atoms with E-state index < -0.39 is 0 Å². The van der Waals surface area contributed by atoms with Crippen LogP contribution in [0.15, 0.2) is 12.5 Å². The number of nitrogens with one attached hydrogen (secondary N) is 1. The first-order valence-electron chi connectivity index (χ1n) is 6.17. The number of imidazole rings is 1. The molecule has 16 heavy (non-hydrogen) atoms. The minimum absolute atomic E-state index is 0.241. The van der Waals surface area contributed by atoms with Crippen LogP contribution in [0.2, 0.25) is 0 Å². The van der Waals surface area contributed by atoms with E-state index in [1.807, 2.05) is 12.5 Å². The van der Waals surface area contributed by atoms with Gasteiger partial charge in [-0.25, -0.2) is 4.98 Å². The van der Waals surface area contributed by atoms with Gasteiger partial charge in [0.2, 0.25) is 0 Å². The highest BCUT2D eigenvalue weighted by atomic mass is 15.1. The fraction of sp³-hybridized carbons (Fsp3) is 0.750. The Morgan fingerprint density at radius 3 is 2.88 bits per heavy atom. The molecule has 1 atom stereocenters. The molecule has 4 nitrogen and oxygen atoms in total. The third-order valence-corrected chi connectivity index (χ3v) is 3.00. The van der Waals surface area contributed by atoms with E-state index in [-0.39, 0.29) is 6.04 Å². The Morgan fingerprint density at radius 2 is 2.31 bits per heavy atom. The normalized spacial score (nSPS) is 18.0. The first kappa shape index (κ1) is 11.6. The van der Waals surface area contributed by atoms with Crippen molar-refractivity contribution in [2.24, 2.45) is 11.7 Å². The third kappa shape index (κ3) is 2.62. The number of nitrogens with zero attached hydrogens (tertiary/aromatic N) is 2. The summed E-state index contributed by atoms with van der Waals surface area (Å²) >= 11 is 0. The summed E-state index contributed by atoms with van der Waals surface area (Å²) in [6.07, 6.45) is 6.45. The van der Waals surface area contributed by atoms with Crippen LogP contribution >= 0.6 is 0 Å². The average molecular weight is 222 g/mol. The predicted molar refractivity (Wildman–Crippen MR) is 65.1 cm³/mol. The van der Waals surface area contributed by atoms with E-state index in [0.29, 0.717) is 18.5 Å². The van der Waals surface area contributed by atoms with E-state index >= 15 is 0 Å². The van der Waals surface area contributed by atoms with Gasteiger partial charge in [0.05, 0.1) is 18.1 Å². The van der Waals surface area contributed by atoms with Crippen molar-refractivity contribution in [3.63, 3.8) is 0 Å². The van der Waals surface area contributed by atoms with Crippen molar-refractivity contribution >= 4 is 0 Å². The lowest BCUT2D eigenvalue weighted by molar-refractivity contribution is 0.457. The SMILES string of the molecule is CC(C)CNC(CN)c1cncn1C1CC1. The predicted octanol–water partition coefficient (Wildman–Crippen LogP) is 1.46. The van der Waals surface area contributed by atoms with E-state index in [2.05, 4.69) is 28.7 Å². The summed E-state index contributed by atoms with van der Waals surface area (Å²) in [6, 6.07) is 0.915. The van der Waals surface area contributed by atoms with Crippen LogP contribution < -0.4 is 11.1 Å². The van der Waals surface area contributed by atoms with Crippen LogP contribution in [0.1, 0.15) is 44.5 Å². The molecule has 90 valence electrons. The van der Waals surface area contributed by atoms with Crippen molar-refractivity contribution in [1.29, 1.82) is 0 Å². The van der Waals surface area contributed by atoms with Gasteiger partial charge >= 0.3 is 0 Å². The number of hydrogen-bond acceptors (Lipinski definition) is 3. The molecule has 0 aromatic carbocycles. The first-order chi connectivity index (χ1) is 7.72. The standard InChI is InChI=1S/C12H22N4/c1-9(2)6-15-11(5-13)12-7-14-8-16(12)10-3-4-10/h7-11,15H,3-6,13H2,1-2H3. The highest BCUT2D eigenvalue weighted by Crippen LogP contribution is 2.36. The Balaban J connectivity index is 2.03. The van der Waals surface area contributed by atoms with Gasteiger partial charge in [-0.2, -0.15) is 0 Å². The Labute approximate surface area is 97.2 Å². The molecule has 1 saturated carbocycles. The molecule has 0 bridgehead atoms. The van der Waals surface area contributed by atoms with Gasteiger partial charge in [0, 0.05) is 18.8 Å². The van der Waals surface area contributed by atoms with Crippen LogP contribution in [-0.4, -0.2) is 22.6 Å². The summed E-state index contributed by atoms with van der Waals surface area (Å²) in [7, 11) is 0. The molecule has 1 aliphatic carbocycles. The van der Waals surface area contributed by atoms with Crippen LogP contribution in [0, 0.1) is 5.92 Å². The molecule has 1 fully saturated rings. The Hall–Kier alpha value is -0.870. The minimum atomic E-state index is 0.241. The highest BCUT2D eigenvalue weighted by Gasteiger charge is 2.27. The van der Waals surface area contributed by atoms with Gasteiger partial charge < -0.3 is 15.6 Å². The summed E-state index contributed by atoms with van der Waals surface area (Å²) in [6.45, 7) is 6.04. The van der Waals surface area contributed by atoms with Gasteiger partial charge in [-0.05, 0) is 25.3 Å². The molecule has 1 aromatic rings. The fourth-order valence-corrected chi connectivity index (χ4v) is 1.93. The van der Waals surface area contributed by atoms with Crippen LogP contribution in [0.4, 0.5) is 0 Å². The number of rotatable bonds is 6. The molecule has 0 saturated heterocycles. The topological polar surface area (TPSA) is 55.9 Å². The number of hydrogen-bond donors (Lipinski definition) is 2. The first-order valence-corrected chi connectivity index (χ1v) is 6.17. The van der Waals surface area contributed by atoms with E-state index in [9.17, 15) is 0 Å². The summed E-state index contributed by atoms with van der Waals surface area (Å²) in [5, 5.41) is 3.51. The second-order valence-electron chi connectivity index (χ2n) is 5.05. The van der Waals surface area contributed by atoms with Gasteiger partial charge in [-0.3, -0.25) is 0 Å². The zero-order valence-electron chi connectivity index (χ0n) is 10.2. The van der Waals surface area contributed by atoms with Crippen LogP contribution in [-0.2, 0) is 0 Å². The maximum atomic E-state index is 5.84. The largest absolute Gasteiger partial charge is 0.330 e. The second-order valence-corrected chi connectivity index (χ2v) is 5.05. The Bertz CT molecular complexity index is 328. The maximum absolute atomic E-state index is 5.84. The molecule has 4 heteroatoms. The van der Waals surface area contributed by atoms with Gasteiger partial charge in [-0.1, -0.05) is 13.8 Å². The molecule has 1 aromatic heterocycles. The van der Waals surface area contributed by atoms with Crippen molar-refractivity contribution in [1.82, 2.24) is 14.9 Å². The molecule has 0 spiro atoms.